The Balaban J connectivity index is 1.09. The number of hydrogen-bond acceptors (Lipinski definition) is 1. The van der Waals surface area contributed by atoms with Gasteiger partial charge in [-0.2, -0.15) is 0 Å². The van der Waals surface area contributed by atoms with Gasteiger partial charge in [0.2, 0.25) is 0 Å². The number of ether oxygens (including phenoxy) is 1. The molecule has 1 heteroatoms. The molecule has 0 aromatic heterocycles. The first-order valence-electron chi connectivity index (χ1n) is 14.4. The Morgan fingerprint density at radius 1 is 0.641 bits per heavy atom. The number of benzene rings is 2. The summed E-state index contributed by atoms with van der Waals surface area (Å²) in [7, 11) is 0. The molecule has 1 aliphatic heterocycles. The van der Waals surface area contributed by atoms with Crippen molar-refractivity contribution in [1.82, 2.24) is 0 Å². The normalized spacial score (nSPS) is 28.4. The van der Waals surface area contributed by atoms with Crippen LogP contribution < -0.4 is 10.4 Å². The van der Waals surface area contributed by atoms with Crippen molar-refractivity contribution in [3.63, 3.8) is 0 Å². The summed E-state index contributed by atoms with van der Waals surface area (Å²) in [6, 6.07) is 19.6. The highest BCUT2D eigenvalue weighted by molar-refractivity contribution is 5.72. The van der Waals surface area contributed by atoms with Crippen LogP contribution in [0.1, 0.15) is 31.2 Å². The van der Waals surface area contributed by atoms with Crippen LogP contribution in [0.15, 0.2) is 143 Å². The fourth-order valence-corrected chi connectivity index (χ4v) is 7.40. The van der Waals surface area contributed by atoms with Crippen molar-refractivity contribution in [3.05, 3.63) is 159 Å². The Kier molecular flexibility index (Phi) is 5.52. The van der Waals surface area contributed by atoms with E-state index in [9.17, 15) is 0 Å². The predicted octanol–water partition coefficient (Wildman–Crippen LogP) is 7.07. The molecule has 39 heavy (non-hydrogen) atoms. The molecule has 4 atom stereocenters. The maximum absolute atomic E-state index is 7.00. The summed E-state index contributed by atoms with van der Waals surface area (Å²) in [5, 5.41) is 2.65. The summed E-state index contributed by atoms with van der Waals surface area (Å²) >= 11 is 0. The lowest BCUT2D eigenvalue weighted by Crippen LogP contribution is -2.49. The summed E-state index contributed by atoms with van der Waals surface area (Å²) in [4.78, 5) is 0. The van der Waals surface area contributed by atoms with Crippen molar-refractivity contribution >= 4 is 17.2 Å². The van der Waals surface area contributed by atoms with Gasteiger partial charge in [0, 0.05) is 11.8 Å². The highest BCUT2D eigenvalue weighted by Gasteiger charge is 2.45. The molecule has 6 aliphatic rings. The van der Waals surface area contributed by atoms with Crippen LogP contribution in [0.4, 0.5) is 0 Å². The van der Waals surface area contributed by atoms with Crippen LogP contribution in [0.25, 0.3) is 17.2 Å². The maximum Gasteiger partial charge on any atom is 0.0936 e. The summed E-state index contributed by atoms with van der Waals surface area (Å²) in [5.41, 5.74) is 11.5. The van der Waals surface area contributed by atoms with Crippen LogP contribution in [-0.4, -0.2) is 12.2 Å². The molecule has 2 aromatic rings. The standard InChI is InChI=1S/C38H32O/c1-2-8-25(9-3-1)26-16-18-27(19-17-26)28-20-22-29(23-21-28)32-12-6-15-35-34-14-7-13-33-31-11-5-4-10-30(31)24-36(37(33)34)39-38(32)35/h1-16,18,20,22,24,35-38H,17,19,21,23H2. The molecule has 5 aliphatic carbocycles. The largest absolute Gasteiger partial charge is 0.364 e. The van der Waals surface area contributed by atoms with E-state index in [2.05, 4.69) is 121 Å². The van der Waals surface area contributed by atoms with Gasteiger partial charge in [0.25, 0.3) is 0 Å². The zero-order chi connectivity index (χ0) is 25.8. The molecule has 1 nitrogen and oxygen atoms in total. The Bertz CT molecular complexity index is 1730. The molecule has 0 spiro atoms. The summed E-state index contributed by atoms with van der Waals surface area (Å²) in [6.45, 7) is 0. The SMILES string of the molecule is C1=CC2=c3ccccc3=CC3OC4C(C5=CC=C(C6=CC=C(c7ccccc7)CC6)CC5)=CC=CC4C(=C1)C23. The third-order valence-corrected chi connectivity index (χ3v) is 9.34. The van der Waals surface area contributed by atoms with Gasteiger partial charge < -0.3 is 4.74 Å². The minimum atomic E-state index is 0.0724. The second-order valence-electron chi connectivity index (χ2n) is 11.4. The van der Waals surface area contributed by atoms with E-state index >= 15 is 0 Å². The lowest BCUT2D eigenvalue weighted by atomic mass is 9.67. The van der Waals surface area contributed by atoms with E-state index < -0.39 is 0 Å². The summed E-state index contributed by atoms with van der Waals surface area (Å²) < 4.78 is 7.00. The molecule has 0 N–H and O–H groups in total. The Labute approximate surface area is 230 Å². The minimum absolute atomic E-state index is 0.0724. The second kappa shape index (κ2) is 9.36. The lowest BCUT2D eigenvalue weighted by Gasteiger charge is -2.46. The van der Waals surface area contributed by atoms with E-state index in [1.165, 1.54) is 55.0 Å². The number of hydrogen-bond donors (Lipinski definition) is 0. The van der Waals surface area contributed by atoms with Gasteiger partial charge in [0.15, 0.2) is 0 Å². The minimum Gasteiger partial charge on any atom is -0.364 e. The highest BCUT2D eigenvalue weighted by Crippen LogP contribution is 2.48. The molecule has 8 rings (SSSR count). The van der Waals surface area contributed by atoms with Gasteiger partial charge in [-0.1, -0.05) is 115 Å². The van der Waals surface area contributed by atoms with Gasteiger partial charge in [-0.05, 0) is 86.8 Å². The molecule has 1 fully saturated rings. The first kappa shape index (κ1) is 23.0. The number of fused-ring (bicyclic) bond motifs is 3. The van der Waals surface area contributed by atoms with Crippen molar-refractivity contribution in [2.45, 2.75) is 37.9 Å². The van der Waals surface area contributed by atoms with Gasteiger partial charge in [0.05, 0.1) is 12.2 Å². The third kappa shape index (κ3) is 3.87. The molecule has 190 valence electrons. The fraction of sp³-hybridized carbons (Fsp3) is 0.211. The van der Waals surface area contributed by atoms with Crippen LogP contribution in [0.3, 0.4) is 0 Å². The lowest BCUT2D eigenvalue weighted by molar-refractivity contribution is -0.0138. The van der Waals surface area contributed by atoms with Crippen LogP contribution in [0, 0.1) is 11.8 Å². The number of rotatable bonds is 3. The van der Waals surface area contributed by atoms with Crippen molar-refractivity contribution in [2.75, 3.05) is 0 Å². The topological polar surface area (TPSA) is 9.23 Å². The van der Waals surface area contributed by atoms with E-state index in [0.717, 1.165) is 25.7 Å². The van der Waals surface area contributed by atoms with Crippen molar-refractivity contribution in [3.8, 4) is 0 Å². The van der Waals surface area contributed by atoms with Gasteiger partial charge in [-0.25, -0.2) is 0 Å². The van der Waals surface area contributed by atoms with Crippen LogP contribution in [-0.2, 0) is 4.74 Å². The molecule has 0 amide bonds. The summed E-state index contributed by atoms with van der Waals surface area (Å²) in [6.07, 6.45) is 30.2. The zero-order valence-corrected chi connectivity index (χ0v) is 22.1. The molecular formula is C38H32O. The van der Waals surface area contributed by atoms with E-state index in [0.29, 0.717) is 11.8 Å². The Hall–Kier alpha value is -3.94. The Morgan fingerprint density at radius 3 is 2.15 bits per heavy atom. The highest BCUT2D eigenvalue weighted by atomic mass is 16.5. The van der Waals surface area contributed by atoms with Gasteiger partial charge in [-0.3, -0.25) is 0 Å². The molecule has 0 saturated carbocycles. The fourth-order valence-electron chi connectivity index (χ4n) is 7.40. The molecule has 1 heterocycles. The van der Waals surface area contributed by atoms with Crippen molar-refractivity contribution in [1.29, 1.82) is 0 Å². The molecular weight excluding hydrogens is 472 g/mol. The monoisotopic (exact) mass is 504 g/mol. The summed E-state index contributed by atoms with van der Waals surface area (Å²) in [5.74, 6) is 0.604. The van der Waals surface area contributed by atoms with Crippen LogP contribution >= 0.6 is 0 Å². The molecule has 0 bridgehead atoms. The van der Waals surface area contributed by atoms with Crippen LogP contribution in [0.5, 0.6) is 0 Å². The average Bonchev–Trinajstić information content (AvgIpc) is 3.02. The van der Waals surface area contributed by atoms with E-state index in [1.54, 1.807) is 0 Å². The van der Waals surface area contributed by atoms with E-state index in [1.807, 2.05) is 0 Å². The van der Waals surface area contributed by atoms with Gasteiger partial charge in [-0.15, -0.1) is 0 Å². The van der Waals surface area contributed by atoms with Crippen molar-refractivity contribution in [2.24, 2.45) is 11.8 Å². The third-order valence-electron chi connectivity index (χ3n) is 9.34. The van der Waals surface area contributed by atoms with Gasteiger partial charge in [0.1, 0.15) is 0 Å². The molecule has 0 radical (unpaired) electrons. The van der Waals surface area contributed by atoms with Crippen molar-refractivity contribution < 1.29 is 4.74 Å². The zero-order valence-electron chi connectivity index (χ0n) is 22.1. The quantitative estimate of drug-likeness (QED) is 0.434. The maximum atomic E-state index is 7.00. The Morgan fingerprint density at radius 2 is 1.36 bits per heavy atom. The average molecular weight is 505 g/mol. The first-order valence-corrected chi connectivity index (χ1v) is 14.4. The predicted molar refractivity (Wildman–Crippen MR) is 161 cm³/mol. The van der Waals surface area contributed by atoms with E-state index in [-0.39, 0.29) is 12.2 Å². The molecule has 4 unspecified atom stereocenters. The smallest absolute Gasteiger partial charge is 0.0936 e. The molecule has 1 saturated heterocycles. The first-order chi connectivity index (χ1) is 19.3. The number of allylic oxidation sites excluding steroid dienone is 12. The second-order valence-corrected chi connectivity index (χ2v) is 11.4. The molecule has 2 aromatic carbocycles. The van der Waals surface area contributed by atoms with Crippen LogP contribution in [0.2, 0.25) is 0 Å². The van der Waals surface area contributed by atoms with Gasteiger partial charge >= 0.3 is 0 Å². The van der Waals surface area contributed by atoms with E-state index in [4.69, 9.17) is 4.74 Å².